The van der Waals surface area contributed by atoms with Crippen molar-refractivity contribution in [2.24, 2.45) is 0 Å². The highest BCUT2D eigenvalue weighted by molar-refractivity contribution is 7.17. The molecule has 4 rings (SSSR count). The molecule has 0 bridgehead atoms. The molecule has 3 heterocycles. The van der Waals surface area contributed by atoms with Crippen molar-refractivity contribution in [3.8, 4) is 10.4 Å². The highest BCUT2D eigenvalue weighted by atomic mass is 32.1. The number of likely N-dealkylation sites (N-methyl/N-ethyl adjacent to an activating group) is 1. The summed E-state index contributed by atoms with van der Waals surface area (Å²) >= 11 is 1.44. The van der Waals surface area contributed by atoms with E-state index in [1.165, 1.54) is 11.3 Å². The first-order valence-electron chi connectivity index (χ1n) is 11.3. The Labute approximate surface area is 193 Å². The quantitative estimate of drug-likeness (QED) is 0.653. The smallest absolute Gasteiger partial charge is 0.261 e. The first kappa shape index (κ1) is 22.5. The zero-order valence-corrected chi connectivity index (χ0v) is 19.3. The molecule has 7 nitrogen and oxygen atoms in total. The van der Waals surface area contributed by atoms with Crippen LogP contribution in [0.25, 0.3) is 10.4 Å². The van der Waals surface area contributed by atoms with Crippen molar-refractivity contribution in [1.29, 1.82) is 0 Å². The molecule has 2 aliphatic rings. The Kier molecular flexibility index (Phi) is 7.22. The van der Waals surface area contributed by atoms with Gasteiger partial charge in [-0.1, -0.05) is 12.1 Å². The van der Waals surface area contributed by atoms with E-state index in [0.29, 0.717) is 30.0 Å². The van der Waals surface area contributed by atoms with Gasteiger partial charge in [0.05, 0.1) is 4.88 Å². The molecule has 0 radical (unpaired) electrons. The van der Waals surface area contributed by atoms with Gasteiger partial charge in [0.2, 0.25) is 5.91 Å². The fourth-order valence-electron chi connectivity index (χ4n) is 4.08. The van der Waals surface area contributed by atoms with E-state index in [0.717, 1.165) is 56.0 Å². The Morgan fingerprint density at radius 1 is 1.00 bits per heavy atom. The van der Waals surface area contributed by atoms with Crippen LogP contribution in [0.2, 0.25) is 0 Å². The third kappa shape index (κ3) is 5.37. The van der Waals surface area contributed by atoms with E-state index in [4.69, 9.17) is 0 Å². The second kappa shape index (κ2) is 10.3. The van der Waals surface area contributed by atoms with Crippen molar-refractivity contribution < 1.29 is 14.4 Å². The van der Waals surface area contributed by atoms with Gasteiger partial charge in [0.1, 0.15) is 0 Å². The Balaban J connectivity index is 1.28. The zero-order valence-electron chi connectivity index (χ0n) is 18.5. The number of amides is 3. The molecule has 0 unspecified atom stereocenters. The first-order valence-corrected chi connectivity index (χ1v) is 12.1. The summed E-state index contributed by atoms with van der Waals surface area (Å²) in [6, 6.07) is 11.4. The Bertz CT molecular complexity index is 964. The summed E-state index contributed by atoms with van der Waals surface area (Å²) in [6.45, 7) is 5.41. The van der Waals surface area contributed by atoms with Crippen LogP contribution in [-0.4, -0.2) is 85.3 Å². The molecule has 0 atom stereocenters. The largest absolute Gasteiger partial charge is 0.351 e. The van der Waals surface area contributed by atoms with E-state index >= 15 is 0 Å². The summed E-state index contributed by atoms with van der Waals surface area (Å²) in [5.74, 6) is 0.206. The molecular formula is C24H30N4O3S. The summed E-state index contributed by atoms with van der Waals surface area (Å²) in [5.41, 5.74) is 1.70. The van der Waals surface area contributed by atoms with Crippen LogP contribution in [-0.2, 0) is 4.79 Å². The van der Waals surface area contributed by atoms with Gasteiger partial charge in [0.15, 0.2) is 0 Å². The molecule has 8 heteroatoms. The molecule has 3 amide bonds. The van der Waals surface area contributed by atoms with Crippen LogP contribution in [0, 0.1) is 0 Å². The molecule has 1 aromatic heterocycles. The number of benzene rings is 1. The Hall–Kier alpha value is -2.71. The molecule has 1 N–H and O–H groups in total. The number of carbonyl (C=O) groups is 3. The molecule has 170 valence electrons. The van der Waals surface area contributed by atoms with Crippen LogP contribution in [0.3, 0.4) is 0 Å². The van der Waals surface area contributed by atoms with Crippen molar-refractivity contribution in [3.05, 3.63) is 46.8 Å². The summed E-state index contributed by atoms with van der Waals surface area (Å²) in [7, 11) is 2.07. The predicted molar refractivity (Wildman–Crippen MR) is 126 cm³/mol. The van der Waals surface area contributed by atoms with Gasteiger partial charge in [0, 0.05) is 62.7 Å². The van der Waals surface area contributed by atoms with Gasteiger partial charge in [-0.2, -0.15) is 0 Å². The standard InChI is InChI=1S/C24H30N4O3S/c1-26-14-16-28(17-15-26)24(31)19-7-5-18(6-8-19)20-9-10-21(32-20)23(30)25-11-3-13-27-12-2-4-22(27)29/h5-10H,2-4,11-17H2,1H3,(H,25,30). The van der Waals surface area contributed by atoms with Crippen molar-refractivity contribution in [2.45, 2.75) is 19.3 Å². The molecule has 0 spiro atoms. The van der Waals surface area contributed by atoms with Crippen LogP contribution in [0.5, 0.6) is 0 Å². The second-order valence-corrected chi connectivity index (χ2v) is 9.51. The maximum absolute atomic E-state index is 12.7. The van der Waals surface area contributed by atoms with E-state index in [9.17, 15) is 14.4 Å². The maximum Gasteiger partial charge on any atom is 0.261 e. The Morgan fingerprint density at radius 2 is 1.75 bits per heavy atom. The number of likely N-dealkylation sites (tertiary alicyclic amines) is 1. The number of hydrogen-bond acceptors (Lipinski definition) is 5. The van der Waals surface area contributed by atoms with E-state index in [2.05, 4.69) is 17.3 Å². The molecule has 2 saturated heterocycles. The van der Waals surface area contributed by atoms with Crippen molar-refractivity contribution in [3.63, 3.8) is 0 Å². The minimum atomic E-state index is -0.0872. The normalized spacial score (nSPS) is 17.1. The van der Waals surface area contributed by atoms with Gasteiger partial charge < -0.3 is 20.0 Å². The Morgan fingerprint density at radius 3 is 2.44 bits per heavy atom. The van der Waals surface area contributed by atoms with Crippen LogP contribution in [0.4, 0.5) is 0 Å². The third-order valence-corrected chi connectivity index (χ3v) is 7.23. The van der Waals surface area contributed by atoms with Crippen LogP contribution >= 0.6 is 11.3 Å². The van der Waals surface area contributed by atoms with E-state index in [1.807, 2.05) is 46.2 Å². The van der Waals surface area contributed by atoms with Crippen LogP contribution < -0.4 is 5.32 Å². The summed E-state index contributed by atoms with van der Waals surface area (Å²) in [4.78, 5) is 44.5. The van der Waals surface area contributed by atoms with Crippen LogP contribution in [0.15, 0.2) is 36.4 Å². The number of carbonyl (C=O) groups excluding carboxylic acids is 3. The molecule has 2 aliphatic heterocycles. The topological polar surface area (TPSA) is 73.0 Å². The number of rotatable bonds is 7. The fraction of sp³-hybridized carbons (Fsp3) is 0.458. The zero-order chi connectivity index (χ0) is 22.5. The lowest BCUT2D eigenvalue weighted by molar-refractivity contribution is -0.127. The molecule has 0 aliphatic carbocycles. The fourth-order valence-corrected chi connectivity index (χ4v) is 5.01. The monoisotopic (exact) mass is 454 g/mol. The second-order valence-electron chi connectivity index (χ2n) is 8.43. The average Bonchev–Trinajstić information content (AvgIpc) is 3.46. The van der Waals surface area contributed by atoms with Crippen molar-refractivity contribution in [2.75, 3.05) is 52.9 Å². The van der Waals surface area contributed by atoms with E-state index in [1.54, 1.807) is 0 Å². The van der Waals surface area contributed by atoms with Gasteiger partial charge in [0.25, 0.3) is 11.8 Å². The maximum atomic E-state index is 12.7. The van der Waals surface area contributed by atoms with Crippen molar-refractivity contribution >= 4 is 29.1 Å². The van der Waals surface area contributed by atoms with Gasteiger partial charge in [-0.25, -0.2) is 0 Å². The lowest BCUT2D eigenvalue weighted by Crippen LogP contribution is -2.47. The minimum absolute atomic E-state index is 0.0755. The highest BCUT2D eigenvalue weighted by Crippen LogP contribution is 2.28. The van der Waals surface area contributed by atoms with E-state index < -0.39 is 0 Å². The number of hydrogen-bond donors (Lipinski definition) is 1. The molecule has 32 heavy (non-hydrogen) atoms. The minimum Gasteiger partial charge on any atom is -0.351 e. The number of nitrogens with zero attached hydrogens (tertiary/aromatic N) is 3. The molecule has 2 fully saturated rings. The highest BCUT2D eigenvalue weighted by Gasteiger charge is 2.21. The van der Waals surface area contributed by atoms with Gasteiger partial charge in [-0.05, 0) is 49.7 Å². The predicted octanol–water partition coefficient (Wildman–Crippen LogP) is 2.55. The van der Waals surface area contributed by atoms with Gasteiger partial charge >= 0.3 is 0 Å². The number of piperazine rings is 1. The summed E-state index contributed by atoms with van der Waals surface area (Å²) in [6.07, 6.45) is 2.35. The van der Waals surface area contributed by atoms with Gasteiger partial charge in [-0.3, -0.25) is 14.4 Å². The third-order valence-electron chi connectivity index (χ3n) is 6.10. The first-order chi connectivity index (χ1) is 15.5. The lowest BCUT2D eigenvalue weighted by Gasteiger charge is -2.32. The average molecular weight is 455 g/mol. The summed E-state index contributed by atoms with van der Waals surface area (Å²) < 4.78 is 0. The number of thiophene rings is 1. The summed E-state index contributed by atoms with van der Waals surface area (Å²) in [5, 5.41) is 2.95. The molecule has 1 aromatic carbocycles. The van der Waals surface area contributed by atoms with Crippen LogP contribution in [0.1, 0.15) is 39.3 Å². The molecule has 0 saturated carbocycles. The lowest BCUT2D eigenvalue weighted by atomic mass is 10.1. The van der Waals surface area contributed by atoms with Crippen molar-refractivity contribution in [1.82, 2.24) is 20.0 Å². The molecule has 2 aromatic rings. The SMILES string of the molecule is CN1CCN(C(=O)c2ccc(-c3ccc(C(=O)NCCCN4CCCC4=O)s3)cc2)CC1. The number of nitrogens with one attached hydrogen (secondary N) is 1. The van der Waals surface area contributed by atoms with Gasteiger partial charge in [-0.15, -0.1) is 11.3 Å². The van der Waals surface area contributed by atoms with E-state index in [-0.39, 0.29) is 17.7 Å². The molecular weight excluding hydrogens is 424 g/mol.